The van der Waals surface area contributed by atoms with Crippen LogP contribution in [0.15, 0.2) is 20.0 Å². The van der Waals surface area contributed by atoms with E-state index in [4.69, 9.17) is 9.98 Å². The van der Waals surface area contributed by atoms with Crippen LogP contribution in [0.2, 0.25) is 0 Å². The lowest BCUT2D eigenvalue weighted by atomic mass is 10.3. The zero-order valence-electron chi connectivity index (χ0n) is 19.3. The third-order valence-electron chi connectivity index (χ3n) is 5.06. The van der Waals surface area contributed by atoms with Gasteiger partial charge in [-0.25, -0.2) is 9.98 Å². The van der Waals surface area contributed by atoms with E-state index in [2.05, 4.69) is 51.4 Å². The van der Waals surface area contributed by atoms with Crippen LogP contribution in [0.4, 0.5) is 0 Å². The summed E-state index contributed by atoms with van der Waals surface area (Å²) in [4.78, 5) is 26.8. The van der Waals surface area contributed by atoms with Gasteiger partial charge in [-0.2, -0.15) is 0 Å². The van der Waals surface area contributed by atoms with E-state index >= 15 is 0 Å². The molecule has 0 aromatic heterocycles. The summed E-state index contributed by atoms with van der Waals surface area (Å²) in [5.74, 6) is 3.62. The van der Waals surface area contributed by atoms with E-state index in [1.807, 2.05) is 37.7 Å². The summed E-state index contributed by atoms with van der Waals surface area (Å²) in [6.45, 7) is 8.81. The van der Waals surface area contributed by atoms with E-state index in [0.29, 0.717) is 0 Å². The molecule has 0 amide bonds. The van der Waals surface area contributed by atoms with E-state index in [-0.39, 0.29) is 12.3 Å². The van der Waals surface area contributed by atoms with Crippen LogP contribution in [0.1, 0.15) is 33.6 Å². The number of rotatable bonds is 6. The van der Waals surface area contributed by atoms with Crippen molar-refractivity contribution in [3.63, 3.8) is 0 Å². The smallest absolute Gasteiger partial charge is 0.205 e. The molecule has 2 unspecified atom stereocenters. The fourth-order valence-electron chi connectivity index (χ4n) is 3.30. The largest absolute Gasteiger partial charge is 0.346 e. The second-order valence-corrected chi connectivity index (χ2v) is 7.51. The maximum atomic E-state index is 4.78. The van der Waals surface area contributed by atoms with Crippen molar-refractivity contribution < 1.29 is 0 Å². The SMILES string of the molecule is CCN(C)C1=NC(C)NC(=NCCCCN(C)C2=NC(C)NC(=NC)N2C)N1C. The standard InChI is InChI=1S/C19H38N10/c1-9-26(5)18-24-15(3)23-17(29(18)8)21-12-10-11-13-27(6)19-25-14(2)22-16(20-4)28(19)7/h14-15H,9-13H2,1-8H3,(H,20,22)(H,21,23). The molecular weight excluding hydrogens is 368 g/mol. The summed E-state index contributed by atoms with van der Waals surface area (Å²) in [6.07, 6.45) is 2.11. The van der Waals surface area contributed by atoms with Gasteiger partial charge in [0.15, 0.2) is 0 Å². The molecular formula is C19H38N10. The van der Waals surface area contributed by atoms with Crippen LogP contribution < -0.4 is 10.6 Å². The van der Waals surface area contributed by atoms with E-state index in [1.54, 1.807) is 7.05 Å². The molecule has 0 bridgehead atoms. The Morgan fingerprint density at radius 2 is 1.48 bits per heavy atom. The lowest BCUT2D eigenvalue weighted by Crippen LogP contribution is -2.55. The molecule has 0 fully saturated rings. The maximum Gasteiger partial charge on any atom is 0.205 e. The van der Waals surface area contributed by atoms with Crippen molar-refractivity contribution in [1.29, 1.82) is 0 Å². The quantitative estimate of drug-likeness (QED) is 0.624. The Hall–Kier alpha value is -2.52. The van der Waals surface area contributed by atoms with Gasteiger partial charge in [0.2, 0.25) is 23.8 Å². The van der Waals surface area contributed by atoms with Crippen LogP contribution in [-0.4, -0.2) is 111 Å². The molecule has 0 aliphatic carbocycles. The number of nitrogens with one attached hydrogen (secondary N) is 2. The molecule has 10 heteroatoms. The van der Waals surface area contributed by atoms with Gasteiger partial charge in [-0.3, -0.25) is 19.8 Å². The highest BCUT2D eigenvalue weighted by atomic mass is 15.5. The van der Waals surface area contributed by atoms with E-state index in [1.165, 1.54) is 0 Å². The molecule has 0 saturated heterocycles. The minimum atomic E-state index is 0.0285. The number of nitrogens with zero attached hydrogens (tertiary/aromatic N) is 8. The van der Waals surface area contributed by atoms with Gasteiger partial charge in [0.05, 0.1) is 0 Å². The predicted octanol–water partition coefficient (Wildman–Crippen LogP) is 0.466. The summed E-state index contributed by atoms with van der Waals surface area (Å²) in [7, 11) is 9.92. The van der Waals surface area contributed by atoms with Gasteiger partial charge in [0, 0.05) is 54.9 Å². The molecule has 2 aliphatic rings. The highest BCUT2D eigenvalue weighted by Crippen LogP contribution is 2.08. The Morgan fingerprint density at radius 3 is 2.07 bits per heavy atom. The number of guanidine groups is 4. The molecule has 2 aliphatic heterocycles. The van der Waals surface area contributed by atoms with Crippen LogP contribution in [0.5, 0.6) is 0 Å². The number of unbranched alkanes of at least 4 members (excludes halogenated alkanes) is 1. The van der Waals surface area contributed by atoms with Crippen molar-refractivity contribution in [1.82, 2.24) is 30.2 Å². The summed E-state index contributed by atoms with van der Waals surface area (Å²) in [5.41, 5.74) is 0. The van der Waals surface area contributed by atoms with Crippen molar-refractivity contribution >= 4 is 23.8 Å². The van der Waals surface area contributed by atoms with Crippen LogP contribution in [0.25, 0.3) is 0 Å². The molecule has 164 valence electrons. The molecule has 2 atom stereocenters. The minimum absolute atomic E-state index is 0.0285. The fraction of sp³-hybridized carbons (Fsp3) is 0.789. The lowest BCUT2D eigenvalue weighted by molar-refractivity contribution is 0.410. The summed E-state index contributed by atoms with van der Waals surface area (Å²) >= 11 is 0. The third kappa shape index (κ3) is 5.74. The monoisotopic (exact) mass is 406 g/mol. The van der Waals surface area contributed by atoms with Gasteiger partial charge in [-0.15, -0.1) is 0 Å². The Labute approximate surface area is 175 Å². The predicted molar refractivity (Wildman–Crippen MR) is 121 cm³/mol. The minimum Gasteiger partial charge on any atom is -0.346 e. The van der Waals surface area contributed by atoms with E-state index < -0.39 is 0 Å². The van der Waals surface area contributed by atoms with Crippen LogP contribution in [0, 0.1) is 0 Å². The molecule has 2 heterocycles. The first-order valence-electron chi connectivity index (χ1n) is 10.4. The fourth-order valence-corrected chi connectivity index (χ4v) is 3.30. The number of hydrogen-bond donors (Lipinski definition) is 2. The van der Waals surface area contributed by atoms with Crippen molar-refractivity contribution in [3.8, 4) is 0 Å². The highest BCUT2D eigenvalue weighted by Gasteiger charge is 2.24. The van der Waals surface area contributed by atoms with E-state index in [9.17, 15) is 0 Å². The van der Waals surface area contributed by atoms with Crippen LogP contribution in [0.3, 0.4) is 0 Å². The summed E-state index contributed by atoms with van der Waals surface area (Å²) in [6, 6.07) is 0. The molecule has 2 rings (SSSR count). The van der Waals surface area contributed by atoms with Gasteiger partial charge in [0.25, 0.3) is 0 Å². The molecule has 0 aromatic carbocycles. The number of aliphatic imine (C=N–C) groups is 4. The molecule has 2 N–H and O–H groups in total. The van der Waals surface area contributed by atoms with Crippen molar-refractivity contribution in [2.75, 3.05) is 54.9 Å². The number of hydrogen-bond acceptors (Lipinski definition) is 6. The Kier molecular flexibility index (Phi) is 8.10. The average Bonchev–Trinajstić information content (AvgIpc) is 2.70. The van der Waals surface area contributed by atoms with Crippen LogP contribution in [-0.2, 0) is 0 Å². The average molecular weight is 407 g/mol. The molecule has 0 radical (unpaired) electrons. The summed E-state index contributed by atoms with van der Waals surface area (Å²) < 4.78 is 0. The van der Waals surface area contributed by atoms with Gasteiger partial charge < -0.3 is 20.4 Å². The van der Waals surface area contributed by atoms with Gasteiger partial charge >= 0.3 is 0 Å². The van der Waals surface area contributed by atoms with Crippen molar-refractivity contribution in [2.24, 2.45) is 20.0 Å². The second kappa shape index (κ2) is 10.3. The Balaban J connectivity index is 1.85. The molecule has 0 aromatic rings. The van der Waals surface area contributed by atoms with Crippen LogP contribution >= 0.6 is 0 Å². The van der Waals surface area contributed by atoms with E-state index in [0.717, 1.165) is 56.3 Å². The van der Waals surface area contributed by atoms with Crippen molar-refractivity contribution in [3.05, 3.63) is 0 Å². The molecule has 10 nitrogen and oxygen atoms in total. The van der Waals surface area contributed by atoms with Gasteiger partial charge in [-0.05, 0) is 33.6 Å². The maximum absolute atomic E-state index is 4.78. The second-order valence-electron chi connectivity index (χ2n) is 7.51. The highest BCUT2D eigenvalue weighted by molar-refractivity contribution is 6.00. The molecule has 29 heavy (non-hydrogen) atoms. The molecule has 0 saturated carbocycles. The zero-order valence-corrected chi connectivity index (χ0v) is 19.3. The first-order chi connectivity index (χ1) is 13.8. The first-order valence-corrected chi connectivity index (χ1v) is 10.4. The Morgan fingerprint density at radius 1 is 0.931 bits per heavy atom. The Bertz CT molecular complexity index is 668. The third-order valence-corrected chi connectivity index (χ3v) is 5.06. The first kappa shape index (κ1) is 22.8. The lowest BCUT2D eigenvalue weighted by Gasteiger charge is -2.35. The summed E-state index contributed by atoms with van der Waals surface area (Å²) in [5, 5.41) is 6.61. The topological polar surface area (TPSA) is 86.5 Å². The van der Waals surface area contributed by atoms with Gasteiger partial charge in [0.1, 0.15) is 12.3 Å². The molecule has 0 spiro atoms. The van der Waals surface area contributed by atoms with Crippen molar-refractivity contribution in [2.45, 2.75) is 45.9 Å². The zero-order chi connectivity index (χ0) is 21.6. The normalized spacial score (nSPS) is 24.8. The van der Waals surface area contributed by atoms with Gasteiger partial charge in [-0.1, -0.05) is 0 Å².